The fraction of sp³-hybridized carbons (Fsp3) is 0.545. The normalized spacial score (nSPS) is 18.9. The fourth-order valence-electron chi connectivity index (χ4n) is 3.86. The molecule has 1 saturated carbocycles. The van der Waals surface area contributed by atoms with Crippen LogP contribution in [0.4, 0.5) is 11.8 Å². The summed E-state index contributed by atoms with van der Waals surface area (Å²) in [5.74, 6) is 4.06. The van der Waals surface area contributed by atoms with Crippen LogP contribution < -0.4 is 25.0 Å². The molecule has 1 aromatic heterocycles. The molecule has 29 heavy (non-hydrogen) atoms. The number of aromatic nitrogens is 2. The monoisotopic (exact) mass is 399 g/mol. The van der Waals surface area contributed by atoms with Crippen molar-refractivity contribution in [1.29, 1.82) is 0 Å². The van der Waals surface area contributed by atoms with Gasteiger partial charge in [-0.15, -0.1) is 0 Å². The molecular weight excluding hydrogens is 366 g/mol. The summed E-state index contributed by atoms with van der Waals surface area (Å²) in [5.41, 5.74) is 1.07. The van der Waals surface area contributed by atoms with Gasteiger partial charge in [0.05, 0.1) is 14.2 Å². The van der Waals surface area contributed by atoms with Crippen LogP contribution in [0.25, 0.3) is 0 Å². The number of methoxy groups -OCH3 is 2. The Labute approximate surface area is 173 Å². The molecule has 3 rings (SSSR count). The van der Waals surface area contributed by atoms with Gasteiger partial charge in [-0.2, -0.15) is 4.98 Å². The predicted octanol–water partition coefficient (Wildman–Crippen LogP) is 3.32. The smallest absolute Gasteiger partial charge is 0.224 e. The third kappa shape index (κ3) is 5.73. The van der Waals surface area contributed by atoms with Crippen LogP contribution in [0.3, 0.4) is 0 Å². The zero-order chi connectivity index (χ0) is 20.6. The van der Waals surface area contributed by atoms with Crippen molar-refractivity contribution in [2.24, 2.45) is 5.92 Å². The van der Waals surface area contributed by atoms with Crippen molar-refractivity contribution >= 4 is 11.8 Å². The van der Waals surface area contributed by atoms with Crippen molar-refractivity contribution in [3.05, 3.63) is 36.0 Å². The molecule has 7 nitrogen and oxygen atoms in total. The van der Waals surface area contributed by atoms with Crippen molar-refractivity contribution in [2.75, 3.05) is 45.1 Å². The van der Waals surface area contributed by atoms with E-state index in [4.69, 9.17) is 9.47 Å². The largest absolute Gasteiger partial charge is 0.496 e. The lowest BCUT2D eigenvalue weighted by Crippen LogP contribution is -2.31. The molecular formula is C22H33N5O2. The second kappa shape index (κ2) is 10.3. The van der Waals surface area contributed by atoms with E-state index in [1.165, 1.54) is 12.8 Å². The van der Waals surface area contributed by atoms with E-state index in [-0.39, 0.29) is 0 Å². The van der Waals surface area contributed by atoms with E-state index in [9.17, 15) is 0 Å². The minimum Gasteiger partial charge on any atom is -0.496 e. The number of hydrogen-bond acceptors (Lipinski definition) is 7. The van der Waals surface area contributed by atoms with Crippen molar-refractivity contribution in [3.8, 4) is 11.5 Å². The number of anilines is 2. The van der Waals surface area contributed by atoms with Gasteiger partial charge < -0.3 is 25.0 Å². The first-order chi connectivity index (χ1) is 14.1. The summed E-state index contributed by atoms with van der Waals surface area (Å²) < 4.78 is 11.0. The Morgan fingerprint density at radius 3 is 2.34 bits per heavy atom. The molecule has 0 atom stereocenters. The van der Waals surface area contributed by atoms with Crippen LogP contribution in [0.15, 0.2) is 30.5 Å². The van der Waals surface area contributed by atoms with Gasteiger partial charge in [-0.1, -0.05) is 6.07 Å². The SMILES string of the molecule is COc1cccc(OC)c1CNCC1CCC(Nc2nccc(N(C)C)n2)CC1. The topological polar surface area (TPSA) is 71.5 Å². The first-order valence-corrected chi connectivity index (χ1v) is 10.3. The minimum atomic E-state index is 0.443. The first-order valence-electron chi connectivity index (χ1n) is 10.3. The predicted molar refractivity (Wildman–Crippen MR) is 117 cm³/mol. The Bertz CT molecular complexity index is 753. The second-order valence-electron chi connectivity index (χ2n) is 7.77. The molecule has 0 radical (unpaired) electrons. The Balaban J connectivity index is 1.44. The molecule has 1 aliphatic rings. The lowest BCUT2D eigenvalue weighted by atomic mass is 9.86. The molecule has 1 aliphatic carbocycles. The number of benzene rings is 1. The van der Waals surface area contributed by atoms with E-state index in [1.807, 2.05) is 49.5 Å². The van der Waals surface area contributed by atoms with Crippen molar-refractivity contribution in [3.63, 3.8) is 0 Å². The van der Waals surface area contributed by atoms with Crippen LogP contribution in [0.2, 0.25) is 0 Å². The van der Waals surface area contributed by atoms with Crippen LogP contribution in [0.1, 0.15) is 31.2 Å². The van der Waals surface area contributed by atoms with Crippen molar-refractivity contribution < 1.29 is 9.47 Å². The van der Waals surface area contributed by atoms with Crippen molar-refractivity contribution in [2.45, 2.75) is 38.3 Å². The molecule has 0 saturated heterocycles. The highest BCUT2D eigenvalue weighted by molar-refractivity contribution is 5.44. The van der Waals surface area contributed by atoms with E-state index >= 15 is 0 Å². The molecule has 0 bridgehead atoms. The first kappa shape index (κ1) is 21.2. The maximum Gasteiger partial charge on any atom is 0.224 e. The number of nitrogens with zero attached hydrogens (tertiary/aromatic N) is 3. The summed E-state index contributed by atoms with van der Waals surface area (Å²) in [5, 5.41) is 7.10. The Hall–Kier alpha value is -2.54. The Kier molecular flexibility index (Phi) is 7.52. The van der Waals surface area contributed by atoms with Crippen molar-refractivity contribution in [1.82, 2.24) is 15.3 Å². The van der Waals surface area contributed by atoms with E-state index in [0.29, 0.717) is 12.0 Å². The third-order valence-electron chi connectivity index (χ3n) is 5.54. The number of ether oxygens (including phenoxy) is 2. The van der Waals surface area contributed by atoms with E-state index in [2.05, 4.69) is 20.6 Å². The molecule has 1 heterocycles. The maximum atomic E-state index is 5.48. The highest BCUT2D eigenvalue weighted by atomic mass is 16.5. The third-order valence-corrected chi connectivity index (χ3v) is 5.54. The zero-order valence-corrected chi connectivity index (χ0v) is 17.9. The van der Waals surface area contributed by atoms with Crippen LogP contribution in [-0.4, -0.2) is 50.9 Å². The molecule has 158 valence electrons. The van der Waals surface area contributed by atoms with Crippen LogP contribution in [0, 0.1) is 5.92 Å². The number of nitrogens with one attached hydrogen (secondary N) is 2. The summed E-state index contributed by atoms with van der Waals surface area (Å²) in [6.07, 6.45) is 6.48. The van der Waals surface area contributed by atoms with E-state index in [1.54, 1.807) is 14.2 Å². The molecule has 0 amide bonds. The average molecular weight is 400 g/mol. The summed E-state index contributed by atoms with van der Waals surface area (Å²) in [6, 6.07) is 8.27. The van der Waals surface area contributed by atoms with Gasteiger partial charge in [0.25, 0.3) is 0 Å². The van der Waals surface area contributed by atoms with Gasteiger partial charge in [-0.05, 0) is 56.3 Å². The minimum absolute atomic E-state index is 0.443. The fourth-order valence-corrected chi connectivity index (χ4v) is 3.86. The Morgan fingerprint density at radius 2 is 1.72 bits per heavy atom. The van der Waals surface area contributed by atoms with Gasteiger partial charge >= 0.3 is 0 Å². The average Bonchev–Trinajstić information content (AvgIpc) is 2.75. The summed E-state index contributed by atoms with van der Waals surface area (Å²) in [7, 11) is 7.38. The maximum absolute atomic E-state index is 5.48. The molecule has 0 unspecified atom stereocenters. The van der Waals surface area contributed by atoms with Gasteiger partial charge in [0.15, 0.2) is 0 Å². The Morgan fingerprint density at radius 1 is 1.03 bits per heavy atom. The quantitative estimate of drug-likeness (QED) is 0.670. The van der Waals surface area contributed by atoms with Gasteiger partial charge in [-0.3, -0.25) is 0 Å². The zero-order valence-electron chi connectivity index (χ0n) is 17.9. The van der Waals surface area contributed by atoms with Gasteiger partial charge in [0.2, 0.25) is 5.95 Å². The summed E-state index contributed by atoms with van der Waals surface area (Å²) in [4.78, 5) is 10.9. The van der Waals surface area contributed by atoms with E-state index in [0.717, 1.165) is 54.8 Å². The molecule has 1 fully saturated rings. The van der Waals surface area contributed by atoms with Gasteiger partial charge in [0.1, 0.15) is 17.3 Å². The van der Waals surface area contributed by atoms with Gasteiger partial charge in [0, 0.05) is 38.4 Å². The highest BCUT2D eigenvalue weighted by Crippen LogP contribution is 2.29. The number of hydrogen-bond donors (Lipinski definition) is 2. The summed E-state index contributed by atoms with van der Waals surface area (Å²) >= 11 is 0. The van der Waals surface area contributed by atoms with E-state index < -0.39 is 0 Å². The molecule has 2 N–H and O–H groups in total. The second-order valence-corrected chi connectivity index (χ2v) is 7.77. The molecule has 1 aromatic carbocycles. The van der Waals surface area contributed by atoms with Crippen LogP contribution >= 0.6 is 0 Å². The lowest BCUT2D eigenvalue weighted by Gasteiger charge is -2.29. The number of rotatable bonds is 9. The molecule has 7 heteroatoms. The van der Waals surface area contributed by atoms with Crippen LogP contribution in [-0.2, 0) is 6.54 Å². The van der Waals surface area contributed by atoms with Gasteiger partial charge in [-0.25, -0.2) is 4.98 Å². The summed E-state index contributed by atoms with van der Waals surface area (Å²) in [6.45, 7) is 1.75. The van der Waals surface area contributed by atoms with Crippen LogP contribution in [0.5, 0.6) is 11.5 Å². The molecule has 0 spiro atoms. The standard InChI is InChI=1S/C22H33N5O2/c1-27(2)21-12-13-24-22(26-21)25-17-10-8-16(9-11-17)14-23-15-18-19(28-3)6-5-7-20(18)29-4/h5-7,12-13,16-17,23H,8-11,14-15H2,1-4H3,(H,24,25,26). The lowest BCUT2D eigenvalue weighted by molar-refractivity contribution is 0.321. The highest BCUT2D eigenvalue weighted by Gasteiger charge is 2.22. The molecule has 0 aliphatic heterocycles. The molecule has 2 aromatic rings.